The third-order valence-electron chi connectivity index (χ3n) is 3.45. The number of carbonyl (C=O) groups is 1. The Bertz CT molecular complexity index is 446. The van der Waals surface area contributed by atoms with Gasteiger partial charge in [0.25, 0.3) is 0 Å². The lowest BCUT2D eigenvalue weighted by molar-refractivity contribution is -0.120. The van der Waals surface area contributed by atoms with Gasteiger partial charge in [0, 0.05) is 25.9 Å². The molecule has 1 aliphatic rings. The molecule has 0 bridgehead atoms. The van der Waals surface area contributed by atoms with Crippen molar-refractivity contribution in [2.75, 3.05) is 26.2 Å². The van der Waals surface area contributed by atoms with Crippen molar-refractivity contribution in [3.63, 3.8) is 0 Å². The number of ether oxygens (including phenoxy) is 1. The Morgan fingerprint density at radius 1 is 1.30 bits per heavy atom. The smallest absolute Gasteiger partial charge is 0.221 e. The molecule has 0 aromatic heterocycles. The summed E-state index contributed by atoms with van der Waals surface area (Å²) < 4.78 is 5.49. The molecular weight excluding hydrogens is 252 g/mol. The molecule has 2 N–H and O–H groups in total. The number of benzene rings is 1. The van der Waals surface area contributed by atoms with Crippen LogP contribution in [0.15, 0.2) is 18.2 Å². The van der Waals surface area contributed by atoms with E-state index in [4.69, 9.17) is 4.74 Å². The van der Waals surface area contributed by atoms with Crippen molar-refractivity contribution in [1.29, 1.82) is 0 Å². The molecule has 110 valence electrons. The highest BCUT2D eigenvalue weighted by Gasteiger charge is 2.11. The van der Waals surface area contributed by atoms with Gasteiger partial charge in [-0.2, -0.15) is 0 Å². The van der Waals surface area contributed by atoms with Gasteiger partial charge >= 0.3 is 0 Å². The van der Waals surface area contributed by atoms with E-state index in [0.717, 1.165) is 51.3 Å². The largest absolute Gasteiger partial charge is 0.493 e. The third kappa shape index (κ3) is 4.53. The molecule has 2 rings (SSSR count). The Kier molecular flexibility index (Phi) is 5.87. The standard InChI is InChI=1S/C16H24N2O2/c1-2-8-18-16(19)6-10-17-9-5-13-3-4-15-14(12-13)7-11-20-15/h3-4,12,17H,2,5-11H2,1H3,(H,18,19). The first-order valence-electron chi connectivity index (χ1n) is 7.51. The fourth-order valence-electron chi connectivity index (χ4n) is 2.31. The maximum Gasteiger partial charge on any atom is 0.221 e. The van der Waals surface area contributed by atoms with Crippen LogP contribution in [0, 0.1) is 0 Å². The molecule has 0 fully saturated rings. The number of rotatable bonds is 8. The molecule has 0 unspecified atom stereocenters. The van der Waals surface area contributed by atoms with E-state index in [2.05, 4.69) is 35.8 Å². The van der Waals surface area contributed by atoms with Gasteiger partial charge in [0.05, 0.1) is 6.61 Å². The summed E-state index contributed by atoms with van der Waals surface area (Å²) in [6.07, 6.45) is 3.55. The lowest BCUT2D eigenvalue weighted by Gasteiger charge is -2.07. The molecule has 1 aliphatic heterocycles. The van der Waals surface area contributed by atoms with E-state index in [9.17, 15) is 4.79 Å². The summed E-state index contributed by atoms with van der Waals surface area (Å²) in [7, 11) is 0. The monoisotopic (exact) mass is 276 g/mol. The van der Waals surface area contributed by atoms with Crippen molar-refractivity contribution in [2.45, 2.75) is 32.6 Å². The summed E-state index contributed by atoms with van der Waals surface area (Å²) in [6.45, 7) is 5.28. The van der Waals surface area contributed by atoms with Crippen molar-refractivity contribution in [1.82, 2.24) is 10.6 Å². The Morgan fingerprint density at radius 3 is 3.05 bits per heavy atom. The zero-order valence-corrected chi connectivity index (χ0v) is 12.2. The fraction of sp³-hybridized carbons (Fsp3) is 0.562. The summed E-state index contributed by atoms with van der Waals surface area (Å²) in [5.41, 5.74) is 2.65. The van der Waals surface area contributed by atoms with Crippen LogP contribution < -0.4 is 15.4 Å². The summed E-state index contributed by atoms with van der Waals surface area (Å²) in [5, 5.41) is 6.19. The molecule has 1 heterocycles. The highest BCUT2D eigenvalue weighted by atomic mass is 16.5. The normalized spacial score (nSPS) is 12.8. The SMILES string of the molecule is CCCNC(=O)CCNCCc1ccc2c(c1)CCO2. The Morgan fingerprint density at radius 2 is 2.20 bits per heavy atom. The molecule has 0 aliphatic carbocycles. The minimum atomic E-state index is 0.133. The average Bonchev–Trinajstić information content (AvgIpc) is 2.92. The highest BCUT2D eigenvalue weighted by Crippen LogP contribution is 2.25. The number of carbonyl (C=O) groups excluding carboxylic acids is 1. The maximum atomic E-state index is 11.4. The van der Waals surface area contributed by atoms with Gasteiger partial charge in [-0.1, -0.05) is 19.1 Å². The molecule has 0 radical (unpaired) electrons. The number of hydrogen-bond donors (Lipinski definition) is 2. The van der Waals surface area contributed by atoms with Gasteiger partial charge in [-0.25, -0.2) is 0 Å². The van der Waals surface area contributed by atoms with Gasteiger partial charge in [-0.05, 0) is 36.6 Å². The van der Waals surface area contributed by atoms with Gasteiger partial charge in [0.1, 0.15) is 5.75 Å². The lowest BCUT2D eigenvalue weighted by atomic mass is 10.1. The molecule has 4 heteroatoms. The van der Waals surface area contributed by atoms with E-state index in [-0.39, 0.29) is 5.91 Å². The van der Waals surface area contributed by atoms with Gasteiger partial charge in [-0.15, -0.1) is 0 Å². The van der Waals surface area contributed by atoms with Gasteiger partial charge in [-0.3, -0.25) is 4.79 Å². The van der Waals surface area contributed by atoms with E-state index >= 15 is 0 Å². The van der Waals surface area contributed by atoms with Gasteiger partial charge in [0.2, 0.25) is 5.91 Å². The fourth-order valence-corrected chi connectivity index (χ4v) is 2.31. The number of nitrogens with one attached hydrogen (secondary N) is 2. The Balaban J connectivity index is 1.60. The molecule has 1 amide bonds. The first kappa shape index (κ1) is 14.9. The van der Waals surface area contributed by atoms with Crippen LogP contribution in [0.25, 0.3) is 0 Å². The second-order valence-electron chi connectivity index (χ2n) is 5.14. The molecule has 0 atom stereocenters. The van der Waals surface area contributed by atoms with Crippen LogP contribution in [-0.2, 0) is 17.6 Å². The van der Waals surface area contributed by atoms with E-state index in [0.29, 0.717) is 6.42 Å². The number of fused-ring (bicyclic) bond motifs is 1. The maximum absolute atomic E-state index is 11.4. The predicted molar refractivity (Wildman–Crippen MR) is 80.1 cm³/mol. The molecule has 1 aromatic rings. The third-order valence-corrected chi connectivity index (χ3v) is 3.45. The Hall–Kier alpha value is -1.55. The summed E-state index contributed by atoms with van der Waals surface area (Å²) in [5.74, 6) is 1.17. The molecule has 20 heavy (non-hydrogen) atoms. The van der Waals surface area contributed by atoms with Crippen LogP contribution in [-0.4, -0.2) is 32.1 Å². The van der Waals surface area contributed by atoms with Crippen molar-refractivity contribution in [2.24, 2.45) is 0 Å². The molecule has 0 saturated carbocycles. The Labute approximate surface area is 120 Å². The second kappa shape index (κ2) is 7.90. The van der Waals surface area contributed by atoms with Gasteiger partial charge < -0.3 is 15.4 Å². The first-order valence-corrected chi connectivity index (χ1v) is 7.51. The zero-order chi connectivity index (χ0) is 14.2. The quantitative estimate of drug-likeness (QED) is 0.710. The van der Waals surface area contributed by atoms with E-state index in [1.54, 1.807) is 0 Å². The van der Waals surface area contributed by atoms with Crippen molar-refractivity contribution < 1.29 is 9.53 Å². The molecule has 0 spiro atoms. The van der Waals surface area contributed by atoms with E-state index in [1.807, 2.05) is 0 Å². The molecular formula is C16H24N2O2. The minimum Gasteiger partial charge on any atom is -0.493 e. The van der Waals surface area contributed by atoms with Crippen LogP contribution in [0.5, 0.6) is 5.75 Å². The zero-order valence-electron chi connectivity index (χ0n) is 12.2. The second-order valence-corrected chi connectivity index (χ2v) is 5.14. The first-order chi connectivity index (χ1) is 9.79. The number of hydrogen-bond acceptors (Lipinski definition) is 3. The van der Waals surface area contributed by atoms with Crippen LogP contribution in [0.1, 0.15) is 30.9 Å². The van der Waals surface area contributed by atoms with E-state index < -0.39 is 0 Å². The molecule has 0 saturated heterocycles. The highest BCUT2D eigenvalue weighted by molar-refractivity contribution is 5.75. The summed E-state index contributed by atoms with van der Waals surface area (Å²) in [6, 6.07) is 6.42. The van der Waals surface area contributed by atoms with Crippen LogP contribution in [0.4, 0.5) is 0 Å². The summed E-state index contributed by atoms with van der Waals surface area (Å²) >= 11 is 0. The topological polar surface area (TPSA) is 50.4 Å². The van der Waals surface area contributed by atoms with E-state index in [1.165, 1.54) is 11.1 Å². The number of amides is 1. The van der Waals surface area contributed by atoms with Crippen LogP contribution in [0.3, 0.4) is 0 Å². The van der Waals surface area contributed by atoms with Crippen molar-refractivity contribution >= 4 is 5.91 Å². The lowest BCUT2D eigenvalue weighted by Crippen LogP contribution is -2.28. The van der Waals surface area contributed by atoms with Crippen molar-refractivity contribution in [3.8, 4) is 5.75 Å². The summed E-state index contributed by atoms with van der Waals surface area (Å²) in [4.78, 5) is 11.4. The minimum absolute atomic E-state index is 0.133. The molecule has 4 nitrogen and oxygen atoms in total. The average molecular weight is 276 g/mol. The molecule has 1 aromatic carbocycles. The van der Waals surface area contributed by atoms with Crippen molar-refractivity contribution in [3.05, 3.63) is 29.3 Å². The van der Waals surface area contributed by atoms with Crippen LogP contribution >= 0.6 is 0 Å². The predicted octanol–water partition coefficient (Wildman–Crippen LogP) is 1.67. The van der Waals surface area contributed by atoms with Gasteiger partial charge in [0.15, 0.2) is 0 Å². The van der Waals surface area contributed by atoms with Crippen LogP contribution in [0.2, 0.25) is 0 Å².